The Morgan fingerprint density at radius 3 is 1.83 bits per heavy atom. The largest absolute Gasteiger partial charge is 0.394 e. The van der Waals surface area contributed by atoms with Crippen LogP contribution in [0.2, 0.25) is 0 Å². The van der Waals surface area contributed by atoms with Crippen molar-refractivity contribution in [3.8, 4) is 0 Å². The summed E-state index contributed by atoms with van der Waals surface area (Å²) in [4.78, 5) is 0. The molecule has 9 heteroatoms. The van der Waals surface area contributed by atoms with E-state index in [9.17, 15) is 15.3 Å². The van der Waals surface area contributed by atoms with Crippen molar-refractivity contribution in [2.45, 2.75) is 44.1 Å². The molecular formula is C15H30O9. The third-order valence-electron chi connectivity index (χ3n) is 3.45. The van der Waals surface area contributed by atoms with Crippen LogP contribution in [0.15, 0.2) is 0 Å². The molecule has 0 aromatic rings. The van der Waals surface area contributed by atoms with E-state index in [2.05, 4.69) is 0 Å². The van der Waals surface area contributed by atoms with Crippen molar-refractivity contribution in [3.05, 3.63) is 0 Å². The highest BCUT2D eigenvalue weighted by atomic mass is 16.7. The van der Waals surface area contributed by atoms with Crippen molar-refractivity contribution in [1.82, 2.24) is 0 Å². The first-order valence-electron chi connectivity index (χ1n) is 8.27. The van der Waals surface area contributed by atoms with Crippen LogP contribution in [0.5, 0.6) is 0 Å². The van der Waals surface area contributed by atoms with Crippen LogP contribution in [0.1, 0.15) is 13.3 Å². The summed E-state index contributed by atoms with van der Waals surface area (Å²) in [5.41, 5.74) is 0. The predicted molar refractivity (Wildman–Crippen MR) is 82.5 cm³/mol. The zero-order valence-corrected chi connectivity index (χ0v) is 14.1. The molecule has 1 fully saturated rings. The maximum atomic E-state index is 9.77. The van der Waals surface area contributed by atoms with Gasteiger partial charge in [-0.1, -0.05) is 6.92 Å². The monoisotopic (exact) mass is 354 g/mol. The summed E-state index contributed by atoms with van der Waals surface area (Å²) in [5, 5.41) is 38.1. The average molecular weight is 354 g/mol. The van der Waals surface area contributed by atoms with Crippen LogP contribution in [0.4, 0.5) is 0 Å². The van der Waals surface area contributed by atoms with E-state index >= 15 is 0 Å². The quantitative estimate of drug-likeness (QED) is 0.285. The number of rotatable bonds is 13. The lowest BCUT2D eigenvalue weighted by Crippen LogP contribution is -2.59. The fourth-order valence-corrected chi connectivity index (χ4v) is 2.11. The molecule has 0 aliphatic carbocycles. The Bertz CT molecular complexity index is 303. The normalized spacial score (nSPS) is 30.6. The van der Waals surface area contributed by atoms with Crippen LogP contribution in [0.3, 0.4) is 0 Å². The molecule has 0 amide bonds. The first-order chi connectivity index (χ1) is 11.6. The second-order valence-corrected chi connectivity index (χ2v) is 5.41. The Balaban J connectivity index is 2.02. The van der Waals surface area contributed by atoms with Crippen molar-refractivity contribution < 1.29 is 44.1 Å². The van der Waals surface area contributed by atoms with Gasteiger partial charge in [-0.25, -0.2) is 0 Å². The highest BCUT2D eigenvalue weighted by Crippen LogP contribution is 2.21. The maximum Gasteiger partial charge on any atom is 0.186 e. The highest BCUT2D eigenvalue weighted by molar-refractivity contribution is 4.88. The van der Waals surface area contributed by atoms with E-state index in [1.54, 1.807) is 0 Å². The third-order valence-corrected chi connectivity index (χ3v) is 3.45. The van der Waals surface area contributed by atoms with Crippen molar-refractivity contribution in [2.75, 3.05) is 52.9 Å². The molecule has 1 rings (SSSR count). The lowest BCUT2D eigenvalue weighted by Gasteiger charge is -2.39. The predicted octanol–water partition coefficient (Wildman–Crippen LogP) is -1.74. The summed E-state index contributed by atoms with van der Waals surface area (Å²) in [6, 6.07) is 0. The summed E-state index contributed by atoms with van der Waals surface area (Å²) in [6.45, 7) is 4.59. The Hall–Kier alpha value is -0.360. The van der Waals surface area contributed by atoms with Gasteiger partial charge in [0, 0.05) is 6.61 Å². The molecular weight excluding hydrogens is 324 g/mol. The van der Waals surface area contributed by atoms with Gasteiger partial charge in [-0.05, 0) is 6.42 Å². The van der Waals surface area contributed by atoms with Gasteiger partial charge in [-0.2, -0.15) is 0 Å². The van der Waals surface area contributed by atoms with Crippen molar-refractivity contribution in [3.63, 3.8) is 0 Å². The molecule has 9 nitrogen and oxygen atoms in total. The van der Waals surface area contributed by atoms with E-state index in [4.69, 9.17) is 28.8 Å². The average Bonchev–Trinajstić information content (AvgIpc) is 2.59. The van der Waals surface area contributed by atoms with E-state index in [0.717, 1.165) is 13.0 Å². The lowest BCUT2D eigenvalue weighted by atomic mass is 9.99. The maximum absolute atomic E-state index is 9.77. The smallest absolute Gasteiger partial charge is 0.186 e. The van der Waals surface area contributed by atoms with Gasteiger partial charge in [-0.3, -0.25) is 0 Å². The molecule has 0 aromatic heterocycles. The molecule has 0 bridgehead atoms. The molecule has 144 valence electrons. The van der Waals surface area contributed by atoms with Crippen LogP contribution in [-0.2, 0) is 23.7 Å². The lowest BCUT2D eigenvalue weighted by molar-refractivity contribution is -0.302. The van der Waals surface area contributed by atoms with Gasteiger partial charge in [0.15, 0.2) is 6.29 Å². The fourth-order valence-electron chi connectivity index (χ4n) is 2.11. The van der Waals surface area contributed by atoms with Crippen LogP contribution in [0.25, 0.3) is 0 Å². The number of aliphatic hydroxyl groups is 4. The molecule has 5 atom stereocenters. The van der Waals surface area contributed by atoms with Gasteiger partial charge < -0.3 is 44.1 Å². The third kappa shape index (κ3) is 7.68. The zero-order chi connectivity index (χ0) is 17.8. The van der Waals surface area contributed by atoms with Gasteiger partial charge in [0.05, 0.1) is 46.2 Å². The van der Waals surface area contributed by atoms with Gasteiger partial charge >= 0.3 is 0 Å². The Labute approximate surface area is 142 Å². The van der Waals surface area contributed by atoms with Crippen LogP contribution >= 0.6 is 0 Å². The molecule has 1 aliphatic rings. The summed E-state index contributed by atoms with van der Waals surface area (Å²) >= 11 is 0. The number of aliphatic hydroxyl groups excluding tert-OH is 4. The van der Waals surface area contributed by atoms with Gasteiger partial charge in [0.2, 0.25) is 0 Å². The standard InChI is InChI=1S/C15H30O9/c1-2-3-20-4-5-21-6-7-22-8-9-23-15-14(19)13(18)12(17)11(10-16)24-15/h11-19H,2-10H2,1H3. The van der Waals surface area contributed by atoms with E-state index < -0.39 is 37.3 Å². The van der Waals surface area contributed by atoms with Gasteiger partial charge in [0.25, 0.3) is 0 Å². The van der Waals surface area contributed by atoms with E-state index in [1.807, 2.05) is 6.92 Å². The molecule has 0 saturated carbocycles. The molecule has 1 heterocycles. The minimum absolute atomic E-state index is 0.127. The SMILES string of the molecule is CCCOCCOCCOCCOC1OC(CO)C(O)C(O)C1O. The first-order valence-corrected chi connectivity index (χ1v) is 8.27. The van der Waals surface area contributed by atoms with Crippen LogP contribution < -0.4 is 0 Å². The van der Waals surface area contributed by atoms with Crippen molar-refractivity contribution in [2.24, 2.45) is 0 Å². The van der Waals surface area contributed by atoms with E-state index in [-0.39, 0.29) is 13.2 Å². The molecule has 0 radical (unpaired) electrons. The Kier molecular flexibility index (Phi) is 11.7. The molecule has 24 heavy (non-hydrogen) atoms. The molecule has 0 aromatic carbocycles. The van der Waals surface area contributed by atoms with Gasteiger partial charge in [0.1, 0.15) is 24.4 Å². The number of hydrogen-bond acceptors (Lipinski definition) is 9. The fraction of sp³-hybridized carbons (Fsp3) is 1.00. The highest BCUT2D eigenvalue weighted by Gasteiger charge is 2.43. The number of hydrogen-bond donors (Lipinski definition) is 4. The Morgan fingerprint density at radius 1 is 0.750 bits per heavy atom. The van der Waals surface area contributed by atoms with Crippen LogP contribution in [-0.4, -0.2) is 104 Å². The second-order valence-electron chi connectivity index (χ2n) is 5.41. The molecule has 5 unspecified atom stereocenters. The second kappa shape index (κ2) is 12.9. The van der Waals surface area contributed by atoms with E-state index in [0.29, 0.717) is 26.4 Å². The summed E-state index contributed by atoms with van der Waals surface area (Å²) in [6.07, 6.45) is -5.34. The minimum atomic E-state index is -1.44. The topological polar surface area (TPSA) is 127 Å². The minimum Gasteiger partial charge on any atom is -0.394 e. The van der Waals surface area contributed by atoms with E-state index in [1.165, 1.54) is 0 Å². The van der Waals surface area contributed by atoms with Crippen molar-refractivity contribution >= 4 is 0 Å². The molecule has 0 spiro atoms. The molecule has 4 N–H and O–H groups in total. The molecule has 1 aliphatic heterocycles. The first kappa shape index (κ1) is 21.7. The summed E-state index contributed by atoms with van der Waals surface area (Å²) < 4.78 is 26.3. The van der Waals surface area contributed by atoms with Crippen molar-refractivity contribution in [1.29, 1.82) is 0 Å². The number of ether oxygens (including phenoxy) is 5. The molecule has 1 saturated heterocycles. The Morgan fingerprint density at radius 2 is 1.29 bits per heavy atom. The summed E-state index contributed by atoms with van der Waals surface area (Å²) in [5.74, 6) is 0. The summed E-state index contributed by atoms with van der Waals surface area (Å²) in [7, 11) is 0. The van der Waals surface area contributed by atoms with Gasteiger partial charge in [-0.15, -0.1) is 0 Å². The zero-order valence-electron chi connectivity index (χ0n) is 14.1. The van der Waals surface area contributed by atoms with Crippen LogP contribution in [0, 0.1) is 0 Å².